The normalized spacial score (nSPS) is 11.9. The number of halogens is 1. The Labute approximate surface area is 219 Å². The van der Waals surface area contributed by atoms with Crippen molar-refractivity contribution in [3.8, 4) is 11.1 Å². The standard InChI is InChI=1S/C21H22ClN3O.C4H10O.C2H4.CH2O2/c1-5-17-12(2)20-21-19(18(17)15-6-8-16(22)9-7-15)23-13(3)24(21)10-11-25(20)14(4)26;1-4(2,3)5;1-2;2-1-3/h6-9H,5,10-11H2,1-4H3;5H,1-3H3;1-2H2;1H,(H,2,3). The number of hydrogen-bond donors (Lipinski definition) is 2. The monoisotopic (exact) mass is 515 g/mol. The van der Waals surface area contributed by atoms with Gasteiger partial charge >= 0.3 is 0 Å². The fraction of sp³-hybridized carbons (Fsp3) is 0.393. The van der Waals surface area contributed by atoms with E-state index in [0.29, 0.717) is 6.54 Å². The van der Waals surface area contributed by atoms with Gasteiger partial charge in [-0.3, -0.25) is 9.59 Å². The number of carbonyl (C=O) groups is 2. The minimum Gasteiger partial charge on any atom is -0.483 e. The van der Waals surface area contributed by atoms with Gasteiger partial charge in [-0.1, -0.05) is 30.7 Å². The third kappa shape index (κ3) is 7.18. The van der Waals surface area contributed by atoms with Crippen molar-refractivity contribution in [1.82, 2.24) is 9.55 Å². The third-order valence-electron chi connectivity index (χ3n) is 5.41. The Morgan fingerprint density at radius 2 is 1.67 bits per heavy atom. The first kappa shape index (κ1) is 30.9. The molecule has 2 aromatic carbocycles. The highest BCUT2D eigenvalue weighted by Crippen LogP contribution is 2.43. The highest BCUT2D eigenvalue weighted by atomic mass is 35.5. The Morgan fingerprint density at radius 1 is 1.17 bits per heavy atom. The molecule has 0 atom stereocenters. The highest BCUT2D eigenvalue weighted by Gasteiger charge is 2.30. The number of anilines is 1. The molecule has 0 saturated heterocycles. The van der Waals surface area contributed by atoms with E-state index in [0.717, 1.165) is 51.7 Å². The van der Waals surface area contributed by atoms with Gasteiger partial charge in [0.25, 0.3) is 6.47 Å². The average molecular weight is 516 g/mol. The van der Waals surface area contributed by atoms with Crippen LogP contribution in [0.15, 0.2) is 37.4 Å². The van der Waals surface area contributed by atoms with E-state index < -0.39 is 5.60 Å². The van der Waals surface area contributed by atoms with E-state index in [9.17, 15) is 4.79 Å². The Hall–Kier alpha value is -3.16. The number of aromatic nitrogens is 2. The van der Waals surface area contributed by atoms with Crippen LogP contribution in [0.25, 0.3) is 22.2 Å². The maximum Gasteiger partial charge on any atom is 0.290 e. The number of nitrogens with zero attached hydrogens (tertiary/aromatic N) is 3. The number of benzene rings is 2. The number of carboxylic acid groups (broad SMARTS) is 1. The first-order chi connectivity index (χ1) is 16.8. The van der Waals surface area contributed by atoms with Crippen LogP contribution in [-0.4, -0.2) is 44.3 Å². The van der Waals surface area contributed by atoms with Gasteiger partial charge in [-0.05, 0) is 69.9 Å². The first-order valence-corrected chi connectivity index (χ1v) is 12.1. The van der Waals surface area contributed by atoms with Crippen molar-refractivity contribution in [3.63, 3.8) is 0 Å². The van der Waals surface area contributed by atoms with Crippen molar-refractivity contribution >= 4 is 40.7 Å². The number of carbonyl (C=O) groups excluding carboxylic acids is 1. The molecular weight excluding hydrogens is 478 g/mol. The predicted octanol–water partition coefficient (Wildman–Crippen LogP) is 6.18. The van der Waals surface area contributed by atoms with Gasteiger partial charge in [-0.2, -0.15) is 0 Å². The molecule has 0 fully saturated rings. The number of imidazole rings is 1. The summed E-state index contributed by atoms with van der Waals surface area (Å²) in [5.74, 6) is 1.08. The topological polar surface area (TPSA) is 95.7 Å². The maximum absolute atomic E-state index is 12.3. The lowest BCUT2D eigenvalue weighted by Gasteiger charge is -2.31. The summed E-state index contributed by atoms with van der Waals surface area (Å²) in [6.45, 7) is 20.4. The van der Waals surface area contributed by atoms with Gasteiger partial charge in [0.2, 0.25) is 5.91 Å². The van der Waals surface area contributed by atoms with Crippen LogP contribution >= 0.6 is 11.6 Å². The number of aryl methyl sites for hydroxylation is 1. The van der Waals surface area contributed by atoms with Crippen molar-refractivity contribution in [1.29, 1.82) is 0 Å². The average Bonchev–Trinajstić information content (AvgIpc) is 3.14. The van der Waals surface area contributed by atoms with Crippen LogP contribution in [0.1, 0.15) is 51.6 Å². The van der Waals surface area contributed by atoms with E-state index in [4.69, 9.17) is 31.6 Å². The molecule has 7 nitrogen and oxygen atoms in total. The van der Waals surface area contributed by atoms with Crippen LogP contribution in [0.4, 0.5) is 5.69 Å². The second-order valence-electron chi connectivity index (χ2n) is 9.14. The summed E-state index contributed by atoms with van der Waals surface area (Å²) < 4.78 is 2.25. The molecule has 2 heterocycles. The molecule has 0 spiro atoms. The Balaban J connectivity index is 0.000000561. The van der Waals surface area contributed by atoms with E-state index in [2.05, 4.69) is 43.7 Å². The Bertz CT molecular complexity index is 1190. The number of hydrogen-bond acceptors (Lipinski definition) is 4. The van der Waals surface area contributed by atoms with Gasteiger partial charge in [-0.25, -0.2) is 4.98 Å². The molecule has 0 saturated carbocycles. The third-order valence-corrected chi connectivity index (χ3v) is 5.66. The molecule has 1 aliphatic rings. The molecular formula is C28H38ClN3O4. The summed E-state index contributed by atoms with van der Waals surface area (Å²) in [4.78, 5) is 27.5. The van der Waals surface area contributed by atoms with Gasteiger partial charge in [-0.15, -0.1) is 13.2 Å². The summed E-state index contributed by atoms with van der Waals surface area (Å²) in [6, 6.07) is 7.95. The van der Waals surface area contributed by atoms with E-state index in [1.54, 1.807) is 27.7 Å². The molecule has 2 N–H and O–H groups in total. The van der Waals surface area contributed by atoms with Gasteiger partial charge in [0, 0.05) is 30.6 Å². The first-order valence-electron chi connectivity index (χ1n) is 11.7. The molecule has 0 bridgehead atoms. The van der Waals surface area contributed by atoms with Crippen LogP contribution in [0.5, 0.6) is 0 Å². The quantitative estimate of drug-likeness (QED) is 0.313. The molecule has 8 heteroatoms. The zero-order valence-corrected chi connectivity index (χ0v) is 23.1. The zero-order chi connectivity index (χ0) is 27.8. The SMILES string of the molecule is C=C.CC(C)(C)O.CCc1c(C)c2c3c(nc(C)n3CCN2C(C)=O)c1-c1ccc(Cl)cc1.O=CO. The highest BCUT2D eigenvalue weighted by molar-refractivity contribution is 6.30. The minimum atomic E-state index is -0.500. The Morgan fingerprint density at radius 3 is 2.11 bits per heavy atom. The van der Waals surface area contributed by atoms with Crippen molar-refractivity contribution in [2.24, 2.45) is 0 Å². The zero-order valence-electron chi connectivity index (χ0n) is 22.4. The second-order valence-corrected chi connectivity index (χ2v) is 9.58. The molecule has 36 heavy (non-hydrogen) atoms. The smallest absolute Gasteiger partial charge is 0.290 e. The summed E-state index contributed by atoms with van der Waals surface area (Å²) in [5, 5.41) is 16.1. The fourth-order valence-electron chi connectivity index (χ4n) is 4.23. The molecule has 0 unspecified atom stereocenters. The van der Waals surface area contributed by atoms with Crippen molar-refractivity contribution in [2.75, 3.05) is 11.4 Å². The lowest BCUT2D eigenvalue weighted by molar-refractivity contribution is -0.123. The van der Waals surface area contributed by atoms with Crippen molar-refractivity contribution < 1.29 is 19.8 Å². The number of aliphatic hydroxyl groups is 1. The van der Waals surface area contributed by atoms with Gasteiger partial charge in [0.15, 0.2) is 0 Å². The van der Waals surface area contributed by atoms with Crippen LogP contribution in [0, 0.1) is 13.8 Å². The number of rotatable bonds is 2. The van der Waals surface area contributed by atoms with E-state index in [1.807, 2.05) is 24.0 Å². The summed E-state index contributed by atoms with van der Waals surface area (Å²) in [6.07, 6.45) is 0.879. The maximum atomic E-state index is 12.3. The molecule has 1 aliphatic heterocycles. The van der Waals surface area contributed by atoms with Crippen LogP contribution < -0.4 is 4.90 Å². The van der Waals surface area contributed by atoms with Gasteiger partial charge in [0.05, 0.1) is 22.3 Å². The lowest BCUT2D eigenvalue weighted by atomic mass is 9.90. The minimum absolute atomic E-state index is 0.0841. The lowest BCUT2D eigenvalue weighted by Crippen LogP contribution is -2.36. The van der Waals surface area contributed by atoms with Crippen LogP contribution in [0.2, 0.25) is 5.02 Å². The van der Waals surface area contributed by atoms with Crippen molar-refractivity contribution in [2.45, 2.75) is 67.0 Å². The number of amides is 1. The largest absolute Gasteiger partial charge is 0.483 e. The summed E-state index contributed by atoms with van der Waals surface area (Å²) in [5.41, 5.74) is 7.26. The van der Waals surface area contributed by atoms with Crippen molar-refractivity contribution in [3.05, 3.63) is 59.4 Å². The molecule has 1 amide bonds. The molecule has 1 aromatic heterocycles. The molecule has 0 aliphatic carbocycles. The fourth-order valence-corrected chi connectivity index (χ4v) is 4.36. The molecule has 4 rings (SSSR count). The van der Waals surface area contributed by atoms with Crippen LogP contribution in [0.3, 0.4) is 0 Å². The summed E-state index contributed by atoms with van der Waals surface area (Å²) in [7, 11) is 0. The van der Waals surface area contributed by atoms with Gasteiger partial charge in [0.1, 0.15) is 5.82 Å². The van der Waals surface area contributed by atoms with E-state index >= 15 is 0 Å². The molecule has 196 valence electrons. The van der Waals surface area contributed by atoms with E-state index in [-0.39, 0.29) is 12.4 Å². The molecule has 3 aromatic rings. The second kappa shape index (κ2) is 13.2. The van der Waals surface area contributed by atoms with E-state index in [1.165, 1.54) is 11.1 Å². The Kier molecular flexibility index (Phi) is 11.3. The van der Waals surface area contributed by atoms with Crippen LogP contribution in [-0.2, 0) is 22.6 Å². The molecule has 0 radical (unpaired) electrons. The predicted molar refractivity (Wildman–Crippen MR) is 149 cm³/mol. The summed E-state index contributed by atoms with van der Waals surface area (Å²) >= 11 is 6.10. The van der Waals surface area contributed by atoms with Gasteiger partial charge < -0.3 is 19.7 Å².